The molecule has 0 unspecified atom stereocenters. The fraction of sp³-hybridized carbons (Fsp3) is 0.357. The van der Waals surface area contributed by atoms with E-state index in [0.717, 1.165) is 11.1 Å². The van der Waals surface area contributed by atoms with Crippen molar-refractivity contribution in [1.82, 2.24) is 0 Å². The summed E-state index contributed by atoms with van der Waals surface area (Å²) in [5, 5.41) is 10.1. The fourth-order valence-corrected chi connectivity index (χ4v) is 3.97. The number of aliphatic hydroxyl groups excluding tert-OH is 1. The van der Waals surface area contributed by atoms with Gasteiger partial charge in [-0.3, -0.25) is 0 Å². The molecule has 0 saturated carbocycles. The molecule has 34 heavy (non-hydrogen) atoms. The van der Waals surface area contributed by atoms with Crippen LogP contribution in [0.3, 0.4) is 0 Å². The van der Waals surface area contributed by atoms with Crippen LogP contribution < -0.4 is 0 Å². The summed E-state index contributed by atoms with van der Waals surface area (Å²) in [6.45, 7) is -0.683. The Labute approximate surface area is 202 Å². The first-order valence-electron chi connectivity index (χ1n) is 12.0. The van der Waals surface area contributed by atoms with Gasteiger partial charge in [-0.1, -0.05) is 91.0 Å². The largest absolute Gasteiger partial charge is 0.394 e. The number of ether oxygens (including phenoxy) is 5. The van der Waals surface area contributed by atoms with Crippen LogP contribution in [0.1, 0.15) is 18.1 Å². The third-order valence-corrected chi connectivity index (χ3v) is 5.73. The minimum absolute atomic E-state index is 0.305. The summed E-state index contributed by atoms with van der Waals surface area (Å²) in [5.74, 6) is 0. The third kappa shape index (κ3) is 6.51. The SMILES string of the molecule is [2H][C@@H](O[C@H]1[C@H](OCc2ccccc2)[C@@H](OCc2ccccc2)[C@@H](OC)O[C@@H]1CO)c1ccccc1. The van der Waals surface area contributed by atoms with E-state index >= 15 is 0 Å². The summed E-state index contributed by atoms with van der Waals surface area (Å²) in [6, 6.07) is 28.9. The van der Waals surface area contributed by atoms with Gasteiger partial charge in [0.1, 0.15) is 24.4 Å². The molecule has 4 rings (SSSR count). The predicted molar refractivity (Wildman–Crippen MR) is 128 cm³/mol. The highest BCUT2D eigenvalue weighted by molar-refractivity contribution is 5.15. The summed E-state index contributed by atoms with van der Waals surface area (Å²) in [7, 11) is 1.53. The van der Waals surface area contributed by atoms with Gasteiger partial charge in [0.2, 0.25) is 0 Å². The van der Waals surface area contributed by atoms with Crippen molar-refractivity contribution in [3.05, 3.63) is 108 Å². The highest BCUT2D eigenvalue weighted by Gasteiger charge is 2.48. The van der Waals surface area contributed by atoms with Crippen molar-refractivity contribution < 1.29 is 30.2 Å². The van der Waals surface area contributed by atoms with Crippen molar-refractivity contribution in [2.24, 2.45) is 0 Å². The van der Waals surface area contributed by atoms with Crippen molar-refractivity contribution in [3.8, 4) is 0 Å². The van der Waals surface area contributed by atoms with Gasteiger partial charge in [-0.05, 0) is 16.7 Å². The van der Waals surface area contributed by atoms with Crippen LogP contribution in [-0.2, 0) is 43.5 Å². The van der Waals surface area contributed by atoms with Gasteiger partial charge in [0.15, 0.2) is 6.29 Å². The molecule has 3 aromatic carbocycles. The Kier molecular flexibility index (Phi) is 8.70. The van der Waals surface area contributed by atoms with E-state index in [4.69, 9.17) is 25.1 Å². The third-order valence-electron chi connectivity index (χ3n) is 5.73. The Morgan fingerprint density at radius 2 is 1.21 bits per heavy atom. The second-order valence-corrected chi connectivity index (χ2v) is 8.11. The first kappa shape index (κ1) is 23.2. The molecule has 1 aliphatic heterocycles. The van der Waals surface area contributed by atoms with Gasteiger partial charge in [0, 0.05) is 7.11 Å². The summed E-state index contributed by atoms with van der Waals surface area (Å²) >= 11 is 0. The average molecular weight is 466 g/mol. The molecule has 6 heteroatoms. The summed E-state index contributed by atoms with van der Waals surface area (Å²) in [6.07, 6.45) is -3.61. The molecule has 6 nitrogen and oxygen atoms in total. The number of rotatable bonds is 11. The molecule has 1 N–H and O–H groups in total. The molecule has 0 amide bonds. The summed E-state index contributed by atoms with van der Waals surface area (Å²) in [4.78, 5) is 0. The molecule has 1 fully saturated rings. The van der Waals surface area contributed by atoms with E-state index < -0.39 is 37.3 Å². The number of hydrogen-bond acceptors (Lipinski definition) is 6. The average Bonchev–Trinajstić information content (AvgIpc) is 2.92. The zero-order valence-electron chi connectivity index (χ0n) is 20.2. The summed E-state index contributed by atoms with van der Waals surface area (Å²) in [5.41, 5.74) is 2.68. The van der Waals surface area contributed by atoms with E-state index in [9.17, 15) is 5.11 Å². The minimum Gasteiger partial charge on any atom is -0.394 e. The van der Waals surface area contributed by atoms with Gasteiger partial charge in [-0.2, -0.15) is 0 Å². The van der Waals surface area contributed by atoms with Gasteiger partial charge in [-0.15, -0.1) is 0 Å². The summed E-state index contributed by atoms with van der Waals surface area (Å²) < 4.78 is 39.1. The zero-order valence-corrected chi connectivity index (χ0v) is 19.2. The quantitative estimate of drug-likeness (QED) is 0.460. The highest BCUT2D eigenvalue weighted by Crippen LogP contribution is 2.30. The molecule has 3 aromatic rings. The van der Waals surface area contributed by atoms with E-state index in [2.05, 4.69) is 0 Å². The second kappa shape index (κ2) is 12.8. The first-order valence-corrected chi connectivity index (χ1v) is 11.4. The maximum atomic E-state index is 10.1. The van der Waals surface area contributed by atoms with Crippen molar-refractivity contribution in [3.63, 3.8) is 0 Å². The minimum atomic E-state index is -0.990. The van der Waals surface area contributed by atoms with Crippen LogP contribution in [0, 0.1) is 0 Å². The van der Waals surface area contributed by atoms with Crippen LogP contribution in [0.25, 0.3) is 0 Å². The first-order chi connectivity index (χ1) is 17.2. The maximum Gasteiger partial charge on any atom is 0.186 e. The standard InChI is InChI=1S/C28H32O6/c1-30-28-27(33-20-23-15-9-4-10-16-23)26(32-19-22-13-7-3-8-14-22)25(24(17-29)34-28)31-18-21-11-5-2-6-12-21/h2-16,24-29H,17-20H2,1H3/t24-,25-,26+,27-,28+/m1/s1/i18D/t18-,24-,25-,26+,27-,28+. The van der Waals surface area contributed by atoms with Crippen LogP contribution in [0.15, 0.2) is 91.0 Å². The molecule has 0 aliphatic carbocycles. The number of benzene rings is 3. The van der Waals surface area contributed by atoms with Crippen LogP contribution in [0.4, 0.5) is 0 Å². The molecular formula is C28H32O6. The smallest absolute Gasteiger partial charge is 0.186 e. The lowest BCUT2D eigenvalue weighted by Crippen LogP contribution is -2.61. The molecule has 0 radical (unpaired) electrons. The van der Waals surface area contributed by atoms with Gasteiger partial charge in [-0.25, -0.2) is 0 Å². The van der Waals surface area contributed by atoms with E-state index in [1.54, 1.807) is 0 Å². The predicted octanol–water partition coefficient (Wildman–Crippen LogP) is 4.11. The zero-order chi connectivity index (χ0) is 24.5. The van der Waals surface area contributed by atoms with Crippen LogP contribution in [0.5, 0.6) is 0 Å². The topological polar surface area (TPSA) is 66.4 Å². The van der Waals surface area contributed by atoms with Crippen LogP contribution >= 0.6 is 0 Å². The van der Waals surface area contributed by atoms with Gasteiger partial charge < -0.3 is 28.8 Å². The molecule has 0 aromatic heterocycles. The Hall–Kier alpha value is -2.58. The monoisotopic (exact) mass is 465 g/mol. The van der Waals surface area contributed by atoms with Crippen LogP contribution in [-0.4, -0.2) is 49.5 Å². The van der Waals surface area contributed by atoms with Crippen molar-refractivity contribution in [1.29, 1.82) is 0 Å². The second-order valence-electron chi connectivity index (χ2n) is 8.11. The number of hydrogen-bond donors (Lipinski definition) is 1. The normalized spacial score (nSPS) is 26.1. The molecule has 1 saturated heterocycles. The lowest BCUT2D eigenvalue weighted by molar-refractivity contribution is -0.321. The van der Waals surface area contributed by atoms with Gasteiger partial charge in [0.25, 0.3) is 0 Å². The van der Waals surface area contributed by atoms with Gasteiger partial charge in [0.05, 0.1) is 27.8 Å². The molecule has 180 valence electrons. The molecule has 1 aliphatic rings. The molecule has 0 spiro atoms. The molecule has 1 heterocycles. The fourth-order valence-electron chi connectivity index (χ4n) is 3.97. The van der Waals surface area contributed by atoms with E-state index in [1.807, 2.05) is 91.0 Å². The van der Waals surface area contributed by atoms with Crippen molar-refractivity contribution in [2.45, 2.75) is 50.5 Å². The number of methoxy groups -OCH3 is 1. The molecular weight excluding hydrogens is 432 g/mol. The molecule has 6 atom stereocenters. The van der Waals surface area contributed by atoms with Gasteiger partial charge >= 0.3 is 0 Å². The highest BCUT2D eigenvalue weighted by atomic mass is 16.7. The lowest BCUT2D eigenvalue weighted by atomic mass is 9.98. The maximum absolute atomic E-state index is 10.1. The van der Waals surface area contributed by atoms with Crippen molar-refractivity contribution >= 4 is 0 Å². The van der Waals surface area contributed by atoms with Crippen LogP contribution in [0.2, 0.25) is 0 Å². The van der Waals surface area contributed by atoms with E-state index in [1.165, 1.54) is 7.11 Å². The Morgan fingerprint density at radius 3 is 1.71 bits per heavy atom. The molecule has 0 bridgehead atoms. The van der Waals surface area contributed by atoms with E-state index in [-0.39, 0.29) is 6.61 Å². The Morgan fingerprint density at radius 1 is 0.706 bits per heavy atom. The lowest BCUT2D eigenvalue weighted by Gasteiger charge is -2.45. The van der Waals surface area contributed by atoms with E-state index in [0.29, 0.717) is 18.8 Å². The Bertz CT molecular complexity index is 990. The number of aliphatic hydroxyl groups is 1. The Balaban J connectivity index is 1.59. The van der Waals surface area contributed by atoms with Crippen molar-refractivity contribution in [2.75, 3.05) is 13.7 Å².